The van der Waals surface area contributed by atoms with Crippen molar-refractivity contribution in [1.82, 2.24) is 0 Å². The van der Waals surface area contributed by atoms with Crippen molar-refractivity contribution in [3.8, 4) is 0 Å². The molecule has 0 aliphatic carbocycles. The molecule has 2 aliphatic heterocycles. The fourth-order valence-corrected chi connectivity index (χ4v) is 1.97. The number of esters is 1. The van der Waals surface area contributed by atoms with Gasteiger partial charge in [0.25, 0.3) is 0 Å². The van der Waals surface area contributed by atoms with Gasteiger partial charge in [-0.1, -0.05) is 0 Å². The van der Waals surface area contributed by atoms with E-state index < -0.39 is 54.3 Å². The summed E-state index contributed by atoms with van der Waals surface area (Å²) in [4.78, 5) is 11.1. The van der Waals surface area contributed by atoms with Gasteiger partial charge in [0.15, 0.2) is 18.2 Å². The lowest BCUT2D eigenvalue weighted by Gasteiger charge is -2.36. The number of aliphatic hydroxyl groups is 5. The van der Waals surface area contributed by atoms with Gasteiger partial charge in [0, 0.05) is 0 Å². The van der Waals surface area contributed by atoms with E-state index in [1.165, 1.54) is 6.92 Å². The third kappa shape index (κ3) is 2.58. The summed E-state index contributed by atoms with van der Waals surface area (Å²) in [5.74, 6) is -2.65. The number of carbonyl (C=O) groups excluding carboxylic acids is 1. The summed E-state index contributed by atoms with van der Waals surface area (Å²) < 4.78 is 14.9. The van der Waals surface area contributed by atoms with Gasteiger partial charge in [0.2, 0.25) is 5.76 Å². The first-order valence-corrected chi connectivity index (χ1v) is 5.97. The highest BCUT2D eigenvalue weighted by molar-refractivity contribution is 5.89. The lowest BCUT2D eigenvalue weighted by Crippen LogP contribution is -2.55. The first-order valence-electron chi connectivity index (χ1n) is 5.97. The zero-order valence-corrected chi connectivity index (χ0v) is 10.5. The van der Waals surface area contributed by atoms with E-state index in [-0.39, 0.29) is 6.61 Å². The maximum Gasteiger partial charge on any atom is 0.377 e. The summed E-state index contributed by atoms with van der Waals surface area (Å²) in [5.41, 5.74) is 0. The number of hydrogen-bond donors (Lipinski definition) is 5. The third-order valence-corrected chi connectivity index (χ3v) is 3.17. The fraction of sp³-hybridized carbons (Fsp3) is 0.727. The molecule has 0 spiro atoms. The molecule has 5 N–H and O–H groups in total. The van der Waals surface area contributed by atoms with Crippen molar-refractivity contribution in [2.24, 2.45) is 0 Å². The van der Waals surface area contributed by atoms with Crippen LogP contribution in [0.25, 0.3) is 0 Å². The normalized spacial score (nSPS) is 39.8. The largest absolute Gasteiger partial charge is 0.505 e. The van der Waals surface area contributed by atoms with Crippen LogP contribution in [-0.4, -0.2) is 74.9 Å². The quantitative estimate of drug-likeness (QED) is 0.376. The van der Waals surface area contributed by atoms with Crippen LogP contribution in [0.1, 0.15) is 6.92 Å². The molecule has 1 fully saturated rings. The number of aliphatic hydroxyl groups excluding tert-OH is 5. The minimum Gasteiger partial charge on any atom is -0.505 e. The van der Waals surface area contributed by atoms with Crippen LogP contribution in [0.2, 0.25) is 0 Å². The SMILES string of the molecule is C[C@H](O[C@H]1OC[C@@H](O)[C@H](O)[C@H]1O)[C@H]1OC(=O)C(O)=C1O. The molecular formula is C11H16O9. The lowest BCUT2D eigenvalue weighted by molar-refractivity contribution is -0.287. The maximum absolute atomic E-state index is 11.1. The molecule has 0 aromatic heterocycles. The molecule has 2 aliphatic rings. The third-order valence-electron chi connectivity index (χ3n) is 3.17. The number of cyclic esters (lactones) is 1. The fourth-order valence-electron chi connectivity index (χ4n) is 1.97. The Kier molecular flexibility index (Phi) is 4.16. The maximum atomic E-state index is 11.1. The van der Waals surface area contributed by atoms with Crippen LogP contribution in [0.5, 0.6) is 0 Å². The summed E-state index contributed by atoms with van der Waals surface area (Å²) in [6, 6.07) is 0. The number of carbonyl (C=O) groups is 1. The highest BCUT2D eigenvalue weighted by Gasteiger charge is 2.43. The van der Waals surface area contributed by atoms with Gasteiger partial charge in [-0.05, 0) is 6.92 Å². The molecule has 0 amide bonds. The van der Waals surface area contributed by atoms with Crippen LogP contribution < -0.4 is 0 Å². The van der Waals surface area contributed by atoms with Crippen LogP contribution in [0.4, 0.5) is 0 Å². The van der Waals surface area contributed by atoms with Gasteiger partial charge in [-0.3, -0.25) is 0 Å². The Hall–Kier alpha value is -1.39. The first-order chi connectivity index (χ1) is 9.32. The van der Waals surface area contributed by atoms with Crippen molar-refractivity contribution in [3.05, 3.63) is 11.5 Å². The molecule has 0 aromatic rings. The van der Waals surface area contributed by atoms with E-state index in [9.17, 15) is 25.2 Å². The smallest absolute Gasteiger partial charge is 0.377 e. The van der Waals surface area contributed by atoms with Crippen molar-refractivity contribution >= 4 is 5.97 Å². The van der Waals surface area contributed by atoms with Gasteiger partial charge in [-0.15, -0.1) is 0 Å². The second-order valence-corrected chi connectivity index (χ2v) is 4.65. The van der Waals surface area contributed by atoms with Gasteiger partial charge < -0.3 is 39.7 Å². The van der Waals surface area contributed by atoms with E-state index in [0.717, 1.165) is 0 Å². The molecule has 0 radical (unpaired) electrons. The van der Waals surface area contributed by atoms with E-state index >= 15 is 0 Å². The Balaban J connectivity index is 1.99. The first kappa shape index (κ1) is 15.0. The van der Waals surface area contributed by atoms with Gasteiger partial charge in [-0.25, -0.2) is 4.79 Å². The van der Waals surface area contributed by atoms with E-state index in [0.29, 0.717) is 0 Å². The molecular weight excluding hydrogens is 276 g/mol. The monoisotopic (exact) mass is 292 g/mol. The Morgan fingerprint density at radius 3 is 2.45 bits per heavy atom. The van der Waals surface area contributed by atoms with Crippen molar-refractivity contribution in [3.63, 3.8) is 0 Å². The minimum atomic E-state index is -1.50. The topological polar surface area (TPSA) is 146 Å². The predicted octanol–water partition coefficient (Wildman–Crippen LogP) is -1.92. The van der Waals surface area contributed by atoms with E-state index in [1.54, 1.807) is 0 Å². The van der Waals surface area contributed by atoms with Crippen LogP contribution >= 0.6 is 0 Å². The average Bonchev–Trinajstić information content (AvgIpc) is 2.67. The average molecular weight is 292 g/mol. The van der Waals surface area contributed by atoms with Crippen molar-refractivity contribution in [2.45, 2.75) is 43.7 Å². The summed E-state index contributed by atoms with van der Waals surface area (Å²) in [7, 11) is 0. The Labute approximate surface area is 113 Å². The summed E-state index contributed by atoms with van der Waals surface area (Å²) in [6.45, 7) is 1.17. The van der Waals surface area contributed by atoms with E-state index in [2.05, 4.69) is 4.74 Å². The highest BCUT2D eigenvalue weighted by Crippen LogP contribution is 2.25. The molecule has 114 valence electrons. The standard InChI is InChI=1S/C11H16O9/c1-3(9-6(14)7(15)10(17)20-9)19-11-8(16)5(13)4(12)2-18-11/h3-5,8-9,11-16H,2H2,1H3/t3-,4+,5-,8+,9+,11+/m0/s1. The van der Waals surface area contributed by atoms with E-state index in [1.807, 2.05) is 0 Å². The zero-order chi connectivity index (χ0) is 15.0. The zero-order valence-electron chi connectivity index (χ0n) is 10.5. The highest BCUT2D eigenvalue weighted by atomic mass is 16.7. The summed E-state index contributed by atoms with van der Waals surface area (Å²) in [6.07, 6.45) is -7.63. The molecule has 9 heteroatoms. The Morgan fingerprint density at radius 1 is 1.25 bits per heavy atom. The van der Waals surface area contributed by atoms with Gasteiger partial charge in [0.05, 0.1) is 6.61 Å². The van der Waals surface area contributed by atoms with Crippen molar-refractivity contribution in [1.29, 1.82) is 0 Å². The molecule has 9 nitrogen and oxygen atoms in total. The molecule has 0 bridgehead atoms. The Bertz CT molecular complexity index is 420. The molecule has 2 rings (SSSR count). The van der Waals surface area contributed by atoms with Gasteiger partial charge in [0.1, 0.15) is 24.4 Å². The number of rotatable bonds is 3. The van der Waals surface area contributed by atoms with Crippen molar-refractivity contribution in [2.75, 3.05) is 6.61 Å². The van der Waals surface area contributed by atoms with E-state index in [4.69, 9.17) is 14.6 Å². The molecule has 0 unspecified atom stereocenters. The van der Waals surface area contributed by atoms with Crippen LogP contribution in [0.15, 0.2) is 11.5 Å². The lowest BCUT2D eigenvalue weighted by atomic mass is 10.1. The second-order valence-electron chi connectivity index (χ2n) is 4.65. The number of hydrogen-bond acceptors (Lipinski definition) is 9. The van der Waals surface area contributed by atoms with Crippen LogP contribution in [-0.2, 0) is 19.0 Å². The number of ether oxygens (including phenoxy) is 3. The molecule has 1 saturated heterocycles. The molecule has 0 aromatic carbocycles. The Morgan fingerprint density at radius 2 is 1.90 bits per heavy atom. The predicted molar refractivity (Wildman–Crippen MR) is 60.5 cm³/mol. The molecule has 6 atom stereocenters. The molecule has 2 heterocycles. The van der Waals surface area contributed by atoms with Gasteiger partial charge in [-0.2, -0.15) is 0 Å². The van der Waals surface area contributed by atoms with Crippen LogP contribution in [0.3, 0.4) is 0 Å². The van der Waals surface area contributed by atoms with Gasteiger partial charge >= 0.3 is 5.97 Å². The minimum absolute atomic E-state index is 0.243. The molecule has 0 saturated carbocycles. The second kappa shape index (κ2) is 5.54. The van der Waals surface area contributed by atoms with Crippen LogP contribution in [0, 0.1) is 0 Å². The summed E-state index contributed by atoms with van der Waals surface area (Å²) >= 11 is 0. The molecule has 20 heavy (non-hydrogen) atoms. The summed E-state index contributed by atoms with van der Waals surface area (Å²) in [5, 5.41) is 47.1. The van der Waals surface area contributed by atoms with Crippen molar-refractivity contribution < 1.29 is 44.5 Å².